The molecule has 18 nitrogen and oxygen atoms in total. The van der Waals surface area contributed by atoms with Crippen LogP contribution in [0.2, 0.25) is 0 Å². The molecule has 0 saturated carbocycles. The van der Waals surface area contributed by atoms with E-state index in [4.69, 9.17) is 29.0 Å². The Hall–Kier alpha value is -4.32. The number of nitrogen functional groups attached to an aromatic ring is 1. The van der Waals surface area contributed by atoms with E-state index in [1.165, 1.54) is 25.3 Å². The standard InChI is InChI=1S/C52H81N3O15P2/c1-3-5-7-9-11-13-15-17-19-21-23-25-27-29-31-33-35-37-47(56)65-41-44(68-48(57)38-36-34-32-30-28-26-24-22-20-18-16-14-12-10-8-6-4-2)42-66-71(61,62)70-72(63,64)67-43-45-49(58)50(59)51(69-45)55-40-39-46(53)54-52(55)60/h6,8,11-14,17-20,23-26,29,31,39-40,44-45,49-51,58-59H,3-5,7,9-10,15-16,21-22,27-28,30,32-38,41-43H2,1-2H3,(H,61,62)(H,63,64)(H2,53,54,60)/b8-6-,13-11-,14-12-,19-17-,20-18-,25-23-,26-24-,31-29-/t44-,45-,49+,50?,51-/m1/s1. The quantitative estimate of drug-likeness (QED) is 0.0177. The molecule has 6 N–H and O–H groups in total. The van der Waals surface area contributed by atoms with Crippen LogP contribution >= 0.6 is 15.6 Å². The van der Waals surface area contributed by atoms with Crippen LogP contribution in [0.1, 0.15) is 148 Å². The fourth-order valence-electron chi connectivity index (χ4n) is 6.77. The third-order valence-corrected chi connectivity index (χ3v) is 13.3. The topological polar surface area (TPSA) is 265 Å². The number of ether oxygens (including phenoxy) is 3. The summed E-state index contributed by atoms with van der Waals surface area (Å²) in [5.41, 5.74) is 4.58. The van der Waals surface area contributed by atoms with Gasteiger partial charge in [0.1, 0.15) is 30.7 Å². The van der Waals surface area contributed by atoms with Crippen molar-refractivity contribution in [2.75, 3.05) is 25.6 Å². The van der Waals surface area contributed by atoms with E-state index >= 15 is 0 Å². The van der Waals surface area contributed by atoms with E-state index in [9.17, 15) is 43.5 Å². The van der Waals surface area contributed by atoms with Crippen LogP contribution in [0.4, 0.5) is 5.82 Å². The SMILES string of the molecule is CC/C=C\C/C=C\C/C=C\C/C=C\CCCCCCC(=O)O[C@H](COC(=O)CCC/C=C\C/C=C\C/C=C\C/C=C\CCCCC)COP(=O)(O)OP(=O)(O)OC[C@H]1O[C@@H](n2ccc(N)nc2=O)C(O)[C@H]1O. The summed E-state index contributed by atoms with van der Waals surface area (Å²) in [6.07, 6.45) is 43.5. The first-order chi connectivity index (χ1) is 34.7. The number of aliphatic hydroxyl groups is 2. The number of carbonyl (C=O) groups excluding carboxylic acids is 2. The maximum atomic E-state index is 12.9. The van der Waals surface area contributed by atoms with Crippen molar-refractivity contribution in [2.24, 2.45) is 0 Å². The lowest BCUT2D eigenvalue weighted by Crippen LogP contribution is -2.36. The molecule has 3 unspecified atom stereocenters. The second kappa shape index (κ2) is 39.2. The molecular formula is C52H81N3O15P2. The molecule has 1 aromatic rings. The molecule has 7 atom stereocenters. The van der Waals surface area contributed by atoms with E-state index in [0.29, 0.717) is 19.3 Å². The molecule has 1 aromatic heterocycles. The number of allylic oxidation sites excluding steroid dienone is 16. The van der Waals surface area contributed by atoms with Crippen LogP contribution < -0.4 is 11.4 Å². The lowest BCUT2D eigenvalue weighted by atomic mass is 10.1. The predicted octanol–water partition coefficient (Wildman–Crippen LogP) is 10.4. The predicted molar refractivity (Wildman–Crippen MR) is 279 cm³/mol. The minimum atomic E-state index is -5.44. The Balaban J connectivity index is 1.84. The van der Waals surface area contributed by atoms with Gasteiger partial charge in [-0.1, -0.05) is 137 Å². The third kappa shape index (κ3) is 31.3. The number of aromatic nitrogens is 2. The monoisotopic (exact) mass is 1050 g/mol. The minimum absolute atomic E-state index is 0.00454. The van der Waals surface area contributed by atoms with Crippen molar-refractivity contribution < 1.29 is 66.3 Å². The van der Waals surface area contributed by atoms with Crippen molar-refractivity contribution >= 4 is 33.4 Å². The van der Waals surface area contributed by atoms with Gasteiger partial charge in [-0.05, 0) is 96.0 Å². The molecule has 0 aromatic carbocycles. The number of rotatable bonds is 40. The van der Waals surface area contributed by atoms with Gasteiger partial charge in [0.15, 0.2) is 12.3 Å². The van der Waals surface area contributed by atoms with Gasteiger partial charge in [0.25, 0.3) is 0 Å². The smallest absolute Gasteiger partial charge is 0.462 e. The molecule has 2 rings (SSSR count). The van der Waals surface area contributed by atoms with Gasteiger partial charge in [0, 0.05) is 19.0 Å². The first-order valence-electron chi connectivity index (χ1n) is 25.2. The fourth-order valence-corrected chi connectivity index (χ4v) is 8.88. The molecule has 404 valence electrons. The largest absolute Gasteiger partial charge is 0.481 e. The number of hydrogen-bond donors (Lipinski definition) is 5. The second-order valence-corrected chi connectivity index (χ2v) is 20.0. The fraction of sp³-hybridized carbons (Fsp3) is 0.577. The number of esters is 2. The van der Waals surface area contributed by atoms with Gasteiger partial charge < -0.3 is 39.9 Å². The van der Waals surface area contributed by atoms with Gasteiger partial charge in [-0.2, -0.15) is 9.29 Å². The van der Waals surface area contributed by atoms with Crippen LogP contribution in [0.5, 0.6) is 0 Å². The van der Waals surface area contributed by atoms with Gasteiger partial charge in [-0.3, -0.25) is 23.2 Å². The second-order valence-electron chi connectivity index (χ2n) is 16.9. The average Bonchev–Trinajstić information content (AvgIpc) is 3.62. The van der Waals surface area contributed by atoms with Gasteiger partial charge in [0.2, 0.25) is 0 Å². The number of hydrogen-bond acceptors (Lipinski definition) is 15. The Kier molecular flexibility index (Phi) is 34.7. The van der Waals surface area contributed by atoms with Gasteiger partial charge in [-0.25, -0.2) is 13.9 Å². The molecule has 1 saturated heterocycles. The highest BCUT2D eigenvalue weighted by Crippen LogP contribution is 2.60. The average molecular weight is 1050 g/mol. The summed E-state index contributed by atoms with van der Waals surface area (Å²) in [7, 11) is -10.9. The summed E-state index contributed by atoms with van der Waals surface area (Å²) < 4.78 is 56.7. The Bertz CT molecular complexity index is 2080. The van der Waals surface area contributed by atoms with Crippen molar-refractivity contribution in [3.8, 4) is 0 Å². The molecule has 20 heteroatoms. The maximum Gasteiger partial charge on any atom is 0.481 e. The number of nitrogens with two attached hydrogens (primary N) is 1. The number of carbonyl (C=O) groups is 2. The van der Waals surface area contributed by atoms with E-state index < -0.39 is 83.7 Å². The molecular weight excluding hydrogens is 969 g/mol. The lowest BCUT2D eigenvalue weighted by molar-refractivity contribution is -0.161. The molecule has 72 heavy (non-hydrogen) atoms. The van der Waals surface area contributed by atoms with Crippen molar-refractivity contribution in [2.45, 2.75) is 173 Å². The summed E-state index contributed by atoms with van der Waals surface area (Å²) in [5.74, 6) is -1.40. The number of phosphoric acid groups is 2. The van der Waals surface area contributed by atoms with Crippen molar-refractivity contribution in [1.82, 2.24) is 9.55 Å². The van der Waals surface area contributed by atoms with Gasteiger partial charge in [0.05, 0.1) is 13.2 Å². The van der Waals surface area contributed by atoms with E-state index in [0.717, 1.165) is 87.8 Å². The number of nitrogens with zero attached hydrogens (tertiary/aromatic N) is 2. The first kappa shape index (κ1) is 63.8. The molecule has 0 spiro atoms. The summed E-state index contributed by atoms with van der Waals surface area (Å²) >= 11 is 0. The van der Waals surface area contributed by atoms with Crippen LogP contribution in [0.3, 0.4) is 0 Å². The Labute approximate surface area is 426 Å². The summed E-state index contributed by atoms with van der Waals surface area (Å²) in [5, 5.41) is 20.9. The zero-order valence-electron chi connectivity index (χ0n) is 42.2. The highest BCUT2D eigenvalue weighted by Gasteiger charge is 2.46. The number of phosphoric ester groups is 2. The van der Waals surface area contributed by atoms with Crippen LogP contribution in [0.15, 0.2) is 114 Å². The Morgan fingerprint density at radius 3 is 1.74 bits per heavy atom. The van der Waals surface area contributed by atoms with Crippen molar-refractivity contribution in [3.05, 3.63) is 120 Å². The Morgan fingerprint density at radius 2 is 1.18 bits per heavy atom. The van der Waals surface area contributed by atoms with Gasteiger partial charge >= 0.3 is 33.3 Å². The molecule has 1 fully saturated rings. The molecule has 2 heterocycles. The zero-order chi connectivity index (χ0) is 52.7. The number of anilines is 1. The maximum absolute atomic E-state index is 12.9. The summed E-state index contributed by atoms with van der Waals surface area (Å²) in [6.45, 7) is 1.92. The Morgan fingerprint density at radius 1 is 0.681 bits per heavy atom. The third-order valence-electron chi connectivity index (χ3n) is 10.7. The number of unbranched alkanes of at least 4 members (excludes halogenated alkanes) is 8. The normalized spacial score (nSPS) is 19.9. The van der Waals surface area contributed by atoms with Crippen LogP contribution in [-0.2, 0) is 46.3 Å². The van der Waals surface area contributed by atoms with Gasteiger partial charge in [-0.15, -0.1) is 0 Å². The molecule has 1 aliphatic heterocycles. The highest BCUT2D eigenvalue weighted by atomic mass is 31.3. The van der Waals surface area contributed by atoms with E-state index in [1.807, 2.05) is 12.2 Å². The molecule has 0 aliphatic carbocycles. The minimum Gasteiger partial charge on any atom is -0.462 e. The summed E-state index contributed by atoms with van der Waals surface area (Å²) in [6, 6.07) is 1.24. The van der Waals surface area contributed by atoms with Crippen molar-refractivity contribution in [1.29, 1.82) is 0 Å². The van der Waals surface area contributed by atoms with Crippen LogP contribution in [0, 0.1) is 0 Å². The zero-order valence-corrected chi connectivity index (χ0v) is 44.0. The molecule has 0 bridgehead atoms. The molecule has 0 radical (unpaired) electrons. The highest BCUT2D eigenvalue weighted by molar-refractivity contribution is 7.61. The van der Waals surface area contributed by atoms with E-state index in [-0.39, 0.29) is 18.7 Å². The van der Waals surface area contributed by atoms with Crippen LogP contribution in [0.25, 0.3) is 0 Å². The van der Waals surface area contributed by atoms with Crippen LogP contribution in [-0.4, -0.2) is 85.7 Å². The molecule has 1 aliphatic rings. The lowest BCUT2D eigenvalue weighted by Gasteiger charge is -2.21. The van der Waals surface area contributed by atoms with Crippen molar-refractivity contribution in [3.63, 3.8) is 0 Å². The first-order valence-corrected chi connectivity index (χ1v) is 28.2. The summed E-state index contributed by atoms with van der Waals surface area (Å²) in [4.78, 5) is 61.9. The molecule has 0 amide bonds. The number of aliphatic hydroxyl groups excluding tert-OH is 2. The van der Waals surface area contributed by atoms with E-state index in [1.54, 1.807) is 0 Å². The van der Waals surface area contributed by atoms with E-state index in [2.05, 4.69) is 108 Å².